The van der Waals surface area contributed by atoms with E-state index in [1.165, 1.54) is 0 Å². The fourth-order valence-corrected chi connectivity index (χ4v) is 4.54. The van der Waals surface area contributed by atoms with Gasteiger partial charge in [0.15, 0.2) is 21.4 Å². The Balaban J connectivity index is 1.26. The second-order valence-electron chi connectivity index (χ2n) is 7.34. The molecule has 0 aliphatic heterocycles. The average Bonchev–Trinajstić information content (AvgIpc) is 3.51. The van der Waals surface area contributed by atoms with Crippen LogP contribution in [0.25, 0.3) is 32.4 Å². The summed E-state index contributed by atoms with van der Waals surface area (Å²) in [6, 6.07) is 19.6. The van der Waals surface area contributed by atoms with Crippen molar-refractivity contribution in [2.45, 2.75) is 20.0 Å². The quantitative estimate of drug-likeness (QED) is 0.343. The van der Waals surface area contributed by atoms with Gasteiger partial charge in [0.05, 0.1) is 16.8 Å². The molecule has 0 bridgehead atoms. The Morgan fingerprint density at radius 1 is 1.19 bits per heavy atom. The fraction of sp³-hybridized carbons (Fsp3) is 0.130. The summed E-state index contributed by atoms with van der Waals surface area (Å²) in [5.41, 5.74) is 2.95. The van der Waals surface area contributed by atoms with Gasteiger partial charge in [0.25, 0.3) is 0 Å². The van der Waals surface area contributed by atoms with Crippen molar-refractivity contribution in [2.24, 2.45) is 0 Å². The minimum Gasteiger partial charge on any atom is -0.457 e. The second-order valence-corrected chi connectivity index (χ2v) is 8.75. The third kappa shape index (κ3) is 4.12. The molecular formula is C23H19N5O2S2. The van der Waals surface area contributed by atoms with Gasteiger partial charge in [-0.15, -0.1) is 11.3 Å². The van der Waals surface area contributed by atoms with Crippen molar-refractivity contribution in [1.82, 2.24) is 25.1 Å². The predicted octanol–water partition coefficient (Wildman–Crippen LogP) is 5.10. The number of aromatic nitrogens is 4. The number of nitrogens with one attached hydrogen (secondary N) is 2. The first-order valence-electron chi connectivity index (χ1n) is 10.0. The van der Waals surface area contributed by atoms with Crippen molar-refractivity contribution < 1.29 is 9.21 Å². The number of para-hydroxylation sites is 1. The maximum atomic E-state index is 12.6. The maximum absolute atomic E-state index is 12.6. The molecule has 0 spiro atoms. The van der Waals surface area contributed by atoms with Crippen LogP contribution in [-0.2, 0) is 17.9 Å². The number of furan rings is 1. The largest absolute Gasteiger partial charge is 0.457 e. The minimum atomic E-state index is -0.186. The normalized spacial score (nSPS) is 11.2. The van der Waals surface area contributed by atoms with Crippen molar-refractivity contribution in [1.29, 1.82) is 0 Å². The number of benzene rings is 2. The van der Waals surface area contributed by atoms with Crippen molar-refractivity contribution in [2.75, 3.05) is 0 Å². The molecule has 2 N–H and O–H groups in total. The van der Waals surface area contributed by atoms with Crippen LogP contribution in [0.4, 0.5) is 0 Å². The SMILES string of the molecule is Cc1cccc(-c2n[nH]c(=S)n2CC(=O)NCc2ccc(-c3nc4ccccc4s3)o2)c1. The van der Waals surface area contributed by atoms with Gasteiger partial charge < -0.3 is 9.73 Å². The summed E-state index contributed by atoms with van der Waals surface area (Å²) in [5.74, 6) is 1.79. The predicted molar refractivity (Wildman–Crippen MR) is 127 cm³/mol. The van der Waals surface area contributed by atoms with Crippen LogP contribution in [-0.4, -0.2) is 25.7 Å². The van der Waals surface area contributed by atoms with Crippen molar-refractivity contribution >= 4 is 39.7 Å². The summed E-state index contributed by atoms with van der Waals surface area (Å²) in [7, 11) is 0. The minimum absolute atomic E-state index is 0.0596. The van der Waals surface area contributed by atoms with E-state index in [1.807, 2.05) is 67.6 Å². The van der Waals surface area contributed by atoms with E-state index in [-0.39, 0.29) is 19.0 Å². The van der Waals surface area contributed by atoms with Gasteiger partial charge in [0.2, 0.25) is 5.91 Å². The molecule has 0 aliphatic rings. The number of thiazole rings is 1. The van der Waals surface area contributed by atoms with E-state index in [4.69, 9.17) is 16.6 Å². The zero-order valence-electron chi connectivity index (χ0n) is 17.2. The third-order valence-corrected chi connectivity index (χ3v) is 6.32. The molecule has 1 amide bonds. The number of rotatable bonds is 6. The molecule has 0 fully saturated rings. The first-order valence-corrected chi connectivity index (χ1v) is 11.2. The lowest BCUT2D eigenvalue weighted by atomic mass is 10.1. The van der Waals surface area contributed by atoms with Crippen molar-refractivity contribution in [3.8, 4) is 22.2 Å². The Kier molecular flexibility index (Phi) is 5.42. The summed E-state index contributed by atoms with van der Waals surface area (Å²) in [6.45, 7) is 2.34. The van der Waals surface area contributed by atoms with Gasteiger partial charge in [-0.3, -0.25) is 14.5 Å². The number of fused-ring (bicyclic) bond motifs is 1. The Bertz CT molecular complexity index is 1440. The number of hydrogen-bond acceptors (Lipinski definition) is 6. The Morgan fingerprint density at radius 3 is 2.91 bits per heavy atom. The highest BCUT2D eigenvalue weighted by atomic mass is 32.1. The van der Waals surface area contributed by atoms with Crippen molar-refractivity contribution in [3.05, 3.63) is 76.8 Å². The summed E-state index contributed by atoms with van der Waals surface area (Å²) < 4.78 is 9.09. The van der Waals surface area contributed by atoms with Gasteiger partial charge in [-0.1, -0.05) is 35.9 Å². The van der Waals surface area contributed by atoms with Crippen LogP contribution < -0.4 is 5.32 Å². The molecule has 0 aliphatic carbocycles. The van der Waals surface area contributed by atoms with E-state index >= 15 is 0 Å². The summed E-state index contributed by atoms with van der Waals surface area (Å²) in [6.07, 6.45) is 0. The van der Waals surface area contributed by atoms with Crippen LogP contribution in [0.5, 0.6) is 0 Å². The monoisotopic (exact) mass is 461 g/mol. The maximum Gasteiger partial charge on any atom is 0.240 e. The molecule has 3 aromatic heterocycles. The standard InChI is InChI=1S/C23H19N5O2S2/c1-14-5-4-6-15(11-14)21-26-27-23(31)28(21)13-20(29)24-12-16-9-10-18(30-16)22-25-17-7-2-3-8-19(17)32-22/h2-11H,12-13H2,1H3,(H,24,29)(H,27,31). The van der Waals surface area contributed by atoms with Crippen LogP contribution in [0.15, 0.2) is 65.1 Å². The van der Waals surface area contributed by atoms with Crippen LogP contribution in [0, 0.1) is 11.7 Å². The lowest BCUT2D eigenvalue weighted by Gasteiger charge is -2.08. The van der Waals surface area contributed by atoms with E-state index in [2.05, 4.69) is 20.5 Å². The van der Waals surface area contributed by atoms with Gasteiger partial charge in [0, 0.05) is 5.56 Å². The molecule has 5 rings (SSSR count). The van der Waals surface area contributed by atoms with E-state index in [1.54, 1.807) is 15.9 Å². The number of carbonyl (C=O) groups excluding carboxylic acids is 1. The molecule has 0 saturated heterocycles. The van der Waals surface area contributed by atoms with Gasteiger partial charge in [-0.2, -0.15) is 5.10 Å². The molecule has 9 heteroatoms. The molecule has 0 saturated carbocycles. The van der Waals surface area contributed by atoms with Crippen molar-refractivity contribution in [3.63, 3.8) is 0 Å². The van der Waals surface area contributed by atoms with E-state index in [9.17, 15) is 4.79 Å². The van der Waals surface area contributed by atoms with Gasteiger partial charge >= 0.3 is 0 Å². The molecule has 32 heavy (non-hydrogen) atoms. The Hall–Kier alpha value is -3.56. The number of carbonyl (C=O) groups is 1. The van der Waals surface area contributed by atoms with Crippen LogP contribution in [0.3, 0.4) is 0 Å². The van der Waals surface area contributed by atoms with Crippen LogP contribution >= 0.6 is 23.6 Å². The lowest BCUT2D eigenvalue weighted by molar-refractivity contribution is -0.121. The molecule has 0 atom stereocenters. The van der Waals surface area contributed by atoms with Gasteiger partial charge in [0.1, 0.15) is 12.3 Å². The van der Waals surface area contributed by atoms with Gasteiger partial charge in [-0.05, 0) is 49.5 Å². The number of aromatic amines is 1. The van der Waals surface area contributed by atoms with Gasteiger partial charge in [-0.25, -0.2) is 4.98 Å². The third-order valence-electron chi connectivity index (χ3n) is 4.96. The zero-order chi connectivity index (χ0) is 22.1. The number of H-pyrrole nitrogens is 1. The fourth-order valence-electron chi connectivity index (χ4n) is 3.42. The average molecular weight is 462 g/mol. The van der Waals surface area contributed by atoms with E-state index < -0.39 is 0 Å². The molecule has 2 aromatic carbocycles. The Labute approximate surface area is 192 Å². The highest BCUT2D eigenvalue weighted by Crippen LogP contribution is 2.31. The first kappa shape index (κ1) is 20.3. The molecule has 0 radical (unpaired) electrons. The van der Waals surface area contributed by atoms with Crippen LogP contribution in [0.1, 0.15) is 11.3 Å². The highest BCUT2D eigenvalue weighted by molar-refractivity contribution is 7.71. The van der Waals surface area contributed by atoms with Crippen LogP contribution in [0.2, 0.25) is 0 Å². The smallest absolute Gasteiger partial charge is 0.240 e. The number of amides is 1. The topological polar surface area (TPSA) is 88.7 Å². The molecule has 3 heterocycles. The molecule has 160 valence electrons. The first-order chi connectivity index (χ1) is 15.6. The zero-order valence-corrected chi connectivity index (χ0v) is 18.8. The summed E-state index contributed by atoms with van der Waals surface area (Å²) in [4.78, 5) is 17.2. The molecule has 0 unspecified atom stereocenters. The Morgan fingerprint density at radius 2 is 2.06 bits per heavy atom. The number of hydrogen-bond donors (Lipinski definition) is 2. The summed E-state index contributed by atoms with van der Waals surface area (Å²) >= 11 is 6.90. The molecule has 7 nitrogen and oxygen atoms in total. The van der Waals surface area contributed by atoms with E-state index in [0.717, 1.165) is 26.4 Å². The molecular weight excluding hydrogens is 442 g/mol. The van der Waals surface area contributed by atoms with E-state index in [0.29, 0.717) is 22.1 Å². The number of aryl methyl sites for hydroxylation is 1. The summed E-state index contributed by atoms with van der Waals surface area (Å²) in [5, 5.41) is 10.8. The highest BCUT2D eigenvalue weighted by Gasteiger charge is 2.14. The lowest BCUT2D eigenvalue weighted by Crippen LogP contribution is -2.27. The number of nitrogens with zero attached hydrogens (tertiary/aromatic N) is 3. The molecule has 5 aromatic rings. The second kappa shape index (κ2) is 8.52.